The predicted molar refractivity (Wildman–Crippen MR) is 136 cm³/mol. The summed E-state index contributed by atoms with van der Waals surface area (Å²) in [5.41, 5.74) is 7.39. The Kier molecular flexibility index (Phi) is 6.27. The van der Waals surface area contributed by atoms with Gasteiger partial charge in [-0.05, 0) is 49.0 Å². The van der Waals surface area contributed by atoms with Crippen LogP contribution in [0.1, 0.15) is 5.56 Å². The lowest BCUT2D eigenvalue weighted by Crippen LogP contribution is -2.44. The Labute approximate surface area is 202 Å². The molecule has 0 atom stereocenters. The number of amides is 1. The second kappa shape index (κ2) is 9.82. The Balaban J connectivity index is 1.35. The van der Waals surface area contributed by atoms with E-state index in [1.54, 1.807) is 24.5 Å². The van der Waals surface area contributed by atoms with Crippen molar-refractivity contribution in [3.63, 3.8) is 0 Å². The smallest absolute Gasteiger partial charge is 0.241 e. The van der Waals surface area contributed by atoms with Crippen molar-refractivity contribution in [2.75, 3.05) is 43.4 Å². The molecule has 0 radical (unpaired) electrons. The quantitative estimate of drug-likeness (QED) is 0.352. The molecule has 1 saturated heterocycles. The largest absolute Gasteiger partial charge is 0.438 e. The first-order valence-corrected chi connectivity index (χ1v) is 11.3. The van der Waals surface area contributed by atoms with Crippen LogP contribution in [-0.2, 0) is 4.79 Å². The maximum Gasteiger partial charge on any atom is 0.241 e. The second-order valence-electron chi connectivity index (χ2n) is 8.32. The summed E-state index contributed by atoms with van der Waals surface area (Å²) in [5.74, 6) is 1.80. The summed E-state index contributed by atoms with van der Waals surface area (Å²) in [7, 11) is 2.13. The van der Waals surface area contributed by atoms with Gasteiger partial charge in [0.05, 0.1) is 17.3 Å². The van der Waals surface area contributed by atoms with Crippen molar-refractivity contribution in [2.24, 2.45) is 5.73 Å². The number of H-pyrrole nitrogens is 1. The van der Waals surface area contributed by atoms with Crippen LogP contribution < -0.4 is 20.7 Å². The molecule has 4 heterocycles. The summed E-state index contributed by atoms with van der Waals surface area (Å²) < 4.78 is 6.10. The van der Waals surface area contributed by atoms with Crippen LogP contribution in [0, 0.1) is 0 Å². The van der Waals surface area contributed by atoms with Crippen LogP contribution in [-0.4, -0.2) is 64.0 Å². The first-order chi connectivity index (χ1) is 17.0. The number of rotatable bonds is 7. The van der Waals surface area contributed by atoms with Crippen molar-refractivity contribution in [1.82, 2.24) is 24.8 Å². The predicted octanol–water partition coefficient (Wildman–Crippen LogP) is 3.14. The Morgan fingerprint density at radius 1 is 1.14 bits per heavy atom. The number of fused-ring (bicyclic) bond motifs is 1. The van der Waals surface area contributed by atoms with Gasteiger partial charge >= 0.3 is 0 Å². The van der Waals surface area contributed by atoms with Crippen molar-refractivity contribution in [3.8, 4) is 11.6 Å². The number of carbonyl (C=O) groups excluding carboxylic acids is 1. The molecule has 0 unspecified atom stereocenters. The minimum atomic E-state index is -0.511. The van der Waals surface area contributed by atoms with Gasteiger partial charge in [-0.1, -0.05) is 12.1 Å². The average molecular weight is 471 g/mol. The molecule has 10 nitrogen and oxygen atoms in total. The Hall–Kier alpha value is -4.44. The van der Waals surface area contributed by atoms with Crippen LogP contribution in [0.5, 0.6) is 11.6 Å². The number of likely N-dealkylation sites (N-methyl/N-ethyl adjacent to an activating group) is 1. The van der Waals surface area contributed by atoms with Gasteiger partial charge in [-0.25, -0.2) is 4.98 Å². The van der Waals surface area contributed by atoms with Crippen molar-refractivity contribution in [3.05, 3.63) is 66.5 Å². The lowest BCUT2D eigenvalue weighted by atomic mass is 10.2. The zero-order valence-corrected chi connectivity index (χ0v) is 19.3. The molecule has 10 heteroatoms. The van der Waals surface area contributed by atoms with Gasteiger partial charge in [0.25, 0.3) is 0 Å². The standard InChI is InChI=1S/C25H26N8O2/c1-32-11-13-33(14-12-32)22-8-6-18(16-28-22)29-25-30-23-20(9-10-27-23)24(31-25)35-19-4-2-3-17(15-19)5-7-21(26)34/h2-10,15-16H,11-14H2,1H3,(H2,26,34)(H2,27,29,30,31). The number of hydrogen-bond donors (Lipinski definition) is 3. The molecule has 4 aromatic rings. The number of primary amides is 1. The number of ether oxygens (including phenoxy) is 1. The summed E-state index contributed by atoms with van der Waals surface area (Å²) in [6, 6.07) is 13.1. The number of benzene rings is 1. The molecule has 0 bridgehead atoms. The van der Waals surface area contributed by atoms with E-state index in [0.717, 1.165) is 48.6 Å². The number of piperazine rings is 1. The van der Waals surface area contributed by atoms with Crippen molar-refractivity contribution in [2.45, 2.75) is 0 Å². The molecule has 1 aromatic carbocycles. The third kappa shape index (κ3) is 5.39. The molecule has 35 heavy (non-hydrogen) atoms. The molecule has 0 spiro atoms. The van der Waals surface area contributed by atoms with Gasteiger partial charge in [-0.2, -0.15) is 9.97 Å². The summed E-state index contributed by atoms with van der Waals surface area (Å²) in [6.07, 6.45) is 6.51. The number of nitrogens with one attached hydrogen (secondary N) is 2. The number of anilines is 3. The van der Waals surface area contributed by atoms with E-state index in [1.165, 1.54) is 6.08 Å². The SMILES string of the molecule is CN1CCN(c2ccc(Nc3nc(Oc4cccc(C=CC(N)=O)c4)c4cc[nH]c4n3)cn2)CC1. The molecular weight excluding hydrogens is 444 g/mol. The maximum absolute atomic E-state index is 11.0. The fourth-order valence-electron chi connectivity index (χ4n) is 3.83. The molecule has 1 fully saturated rings. The van der Waals surface area contributed by atoms with Crippen LogP contribution in [0.2, 0.25) is 0 Å². The van der Waals surface area contributed by atoms with Gasteiger partial charge in [0.2, 0.25) is 17.7 Å². The third-order valence-electron chi connectivity index (χ3n) is 5.72. The first-order valence-electron chi connectivity index (χ1n) is 11.3. The molecule has 5 rings (SSSR count). The highest BCUT2D eigenvalue weighted by molar-refractivity contribution is 5.90. The van der Waals surface area contributed by atoms with Crippen LogP contribution in [0.3, 0.4) is 0 Å². The molecule has 1 amide bonds. The Morgan fingerprint density at radius 2 is 2.00 bits per heavy atom. The monoisotopic (exact) mass is 470 g/mol. The topological polar surface area (TPSA) is 125 Å². The lowest BCUT2D eigenvalue weighted by Gasteiger charge is -2.33. The Morgan fingerprint density at radius 3 is 2.77 bits per heavy atom. The average Bonchev–Trinajstić information content (AvgIpc) is 3.33. The van der Waals surface area contributed by atoms with Gasteiger partial charge < -0.3 is 30.6 Å². The zero-order valence-electron chi connectivity index (χ0n) is 19.3. The third-order valence-corrected chi connectivity index (χ3v) is 5.72. The fourth-order valence-corrected chi connectivity index (χ4v) is 3.83. The number of aromatic amines is 1. The molecule has 3 aromatic heterocycles. The molecule has 178 valence electrons. The van der Waals surface area contributed by atoms with E-state index in [2.05, 4.69) is 42.1 Å². The second-order valence-corrected chi connectivity index (χ2v) is 8.32. The van der Waals surface area contributed by atoms with Crippen LogP contribution >= 0.6 is 0 Å². The van der Waals surface area contributed by atoms with Crippen LogP contribution in [0.25, 0.3) is 17.1 Å². The van der Waals surface area contributed by atoms with Gasteiger partial charge in [0.15, 0.2) is 0 Å². The molecule has 4 N–H and O–H groups in total. The van der Waals surface area contributed by atoms with E-state index in [1.807, 2.05) is 36.4 Å². The number of pyridine rings is 1. The number of aromatic nitrogens is 4. The van der Waals surface area contributed by atoms with Gasteiger partial charge in [-0.15, -0.1) is 0 Å². The number of nitrogens with two attached hydrogens (primary N) is 1. The summed E-state index contributed by atoms with van der Waals surface area (Å²) >= 11 is 0. The number of carbonyl (C=O) groups is 1. The Bertz CT molecular complexity index is 1360. The fraction of sp³-hybridized carbons (Fsp3) is 0.200. The van der Waals surface area contributed by atoms with Crippen molar-refractivity contribution >= 4 is 40.5 Å². The summed E-state index contributed by atoms with van der Waals surface area (Å²) in [4.78, 5) is 32.5. The van der Waals surface area contributed by atoms with Gasteiger partial charge in [0, 0.05) is 38.5 Å². The normalized spacial score (nSPS) is 14.5. The number of nitrogens with zero attached hydrogens (tertiary/aromatic N) is 5. The minimum absolute atomic E-state index is 0.383. The number of hydrogen-bond acceptors (Lipinski definition) is 8. The molecule has 0 saturated carbocycles. The molecular formula is C25H26N8O2. The van der Waals surface area contributed by atoms with E-state index in [9.17, 15) is 4.79 Å². The van der Waals surface area contributed by atoms with Crippen molar-refractivity contribution in [1.29, 1.82) is 0 Å². The van der Waals surface area contributed by atoms with E-state index in [4.69, 9.17) is 10.5 Å². The van der Waals surface area contributed by atoms with Crippen LogP contribution in [0.15, 0.2) is 60.9 Å². The van der Waals surface area contributed by atoms with Crippen molar-refractivity contribution < 1.29 is 9.53 Å². The molecule has 1 aliphatic heterocycles. The summed E-state index contributed by atoms with van der Waals surface area (Å²) in [6.45, 7) is 3.98. The highest BCUT2D eigenvalue weighted by atomic mass is 16.5. The van der Waals surface area contributed by atoms with E-state index in [-0.39, 0.29) is 0 Å². The van der Waals surface area contributed by atoms with E-state index >= 15 is 0 Å². The van der Waals surface area contributed by atoms with E-state index in [0.29, 0.717) is 23.2 Å². The van der Waals surface area contributed by atoms with Gasteiger partial charge in [0.1, 0.15) is 17.2 Å². The first kappa shape index (κ1) is 22.4. The zero-order chi connectivity index (χ0) is 24.2. The van der Waals surface area contributed by atoms with Crippen LogP contribution in [0.4, 0.5) is 17.5 Å². The summed E-state index contributed by atoms with van der Waals surface area (Å²) in [5, 5.41) is 3.97. The lowest BCUT2D eigenvalue weighted by molar-refractivity contribution is -0.113. The van der Waals surface area contributed by atoms with E-state index < -0.39 is 5.91 Å². The maximum atomic E-state index is 11.0. The minimum Gasteiger partial charge on any atom is -0.438 e. The molecule has 0 aliphatic carbocycles. The highest BCUT2D eigenvalue weighted by Crippen LogP contribution is 2.29. The van der Waals surface area contributed by atoms with Gasteiger partial charge in [-0.3, -0.25) is 4.79 Å². The molecule has 1 aliphatic rings. The highest BCUT2D eigenvalue weighted by Gasteiger charge is 2.16.